The summed E-state index contributed by atoms with van der Waals surface area (Å²) in [6.07, 6.45) is 2.66. The number of hydrogen-bond acceptors (Lipinski definition) is 4. The minimum absolute atomic E-state index is 0.605. The fraction of sp³-hybridized carbons (Fsp3) is 0.636. The van der Waals surface area contributed by atoms with Crippen LogP contribution < -0.4 is 5.32 Å². The van der Waals surface area contributed by atoms with Crippen LogP contribution in [-0.2, 0) is 0 Å². The van der Waals surface area contributed by atoms with Crippen molar-refractivity contribution in [2.45, 2.75) is 26.3 Å². The molecule has 0 saturated carbocycles. The van der Waals surface area contributed by atoms with Gasteiger partial charge in [-0.1, -0.05) is 0 Å². The zero-order chi connectivity index (χ0) is 12.0. The summed E-state index contributed by atoms with van der Waals surface area (Å²) in [6.45, 7) is 6.43. The molecule has 0 fully saturated rings. The number of nitrogens with one attached hydrogen (secondary N) is 1. The van der Waals surface area contributed by atoms with E-state index in [9.17, 15) is 0 Å². The van der Waals surface area contributed by atoms with Gasteiger partial charge in [-0.3, -0.25) is 0 Å². The second-order valence-corrected chi connectivity index (χ2v) is 4.89. The second-order valence-electron chi connectivity index (χ2n) is 4.08. The zero-order valence-corrected chi connectivity index (χ0v) is 11.7. The van der Waals surface area contributed by atoms with Gasteiger partial charge in [0.05, 0.1) is 0 Å². The Morgan fingerprint density at radius 2 is 2.19 bits per heavy atom. The van der Waals surface area contributed by atoms with Gasteiger partial charge in [-0.25, -0.2) is 9.97 Å². The third kappa shape index (κ3) is 4.90. The zero-order valence-electron chi connectivity index (χ0n) is 10.1. The molecule has 90 valence electrons. The minimum atomic E-state index is 0.605. The molecule has 1 rings (SSSR count). The Morgan fingerprint density at radius 3 is 2.81 bits per heavy atom. The maximum atomic E-state index is 4.13. The van der Waals surface area contributed by atoms with E-state index in [0.717, 1.165) is 29.9 Å². The lowest BCUT2D eigenvalue weighted by Crippen LogP contribution is -2.28. The van der Waals surface area contributed by atoms with Gasteiger partial charge in [-0.05, 0) is 49.8 Å². The molecule has 0 saturated heterocycles. The Bertz CT molecular complexity index is 317. The normalized spacial score (nSPS) is 11.1. The lowest BCUT2D eigenvalue weighted by atomic mass is 10.3. The summed E-state index contributed by atoms with van der Waals surface area (Å²) < 4.78 is 0.810. The van der Waals surface area contributed by atoms with Gasteiger partial charge in [0.1, 0.15) is 16.7 Å². The summed E-state index contributed by atoms with van der Waals surface area (Å²) in [5.41, 5.74) is 0. The van der Waals surface area contributed by atoms with E-state index in [1.54, 1.807) is 6.33 Å². The van der Waals surface area contributed by atoms with Crippen molar-refractivity contribution in [1.82, 2.24) is 14.9 Å². The summed E-state index contributed by atoms with van der Waals surface area (Å²) in [7, 11) is 2.14. The van der Waals surface area contributed by atoms with E-state index >= 15 is 0 Å². The average Bonchev–Trinajstić information content (AvgIpc) is 2.24. The van der Waals surface area contributed by atoms with Crippen LogP contribution in [-0.4, -0.2) is 41.0 Å². The maximum absolute atomic E-state index is 4.13. The number of nitrogens with zero attached hydrogens (tertiary/aromatic N) is 3. The van der Waals surface area contributed by atoms with Crippen molar-refractivity contribution in [2.75, 3.05) is 25.5 Å². The number of anilines is 1. The summed E-state index contributed by atoms with van der Waals surface area (Å²) >= 11 is 3.31. The summed E-state index contributed by atoms with van der Waals surface area (Å²) in [4.78, 5) is 10.4. The van der Waals surface area contributed by atoms with Gasteiger partial charge in [0, 0.05) is 18.7 Å². The van der Waals surface area contributed by atoms with Crippen LogP contribution in [0.4, 0.5) is 5.82 Å². The molecule has 0 radical (unpaired) electrons. The van der Waals surface area contributed by atoms with Crippen molar-refractivity contribution in [3.63, 3.8) is 0 Å². The number of halogens is 1. The molecule has 0 unspecified atom stereocenters. The maximum Gasteiger partial charge on any atom is 0.130 e. The molecule has 5 heteroatoms. The van der Waals surface area contributed by atoms with Crippen molar-refractivity contribution in [3.8, 4) is 0 Å². The van der Waals surface area contributed by atoms with E-state index in [-0.39, 0.29) is 0 Å². The first-order chi connectivity index (χ1) is 7.59. The van der Waals surface area contributed by atoms with Crippen LogP contribution in [0.3, 0.4) is 0 Å². The largest absolute Gasteiger partial charge is 0.370 e. The van der Waals surface area contributed by atoms with Crippen LogP contribution in [0.15, 0.2) is 17.0 Å². The van der Waals surface area contributed by atoms with Crippen LogP contribution in [0, 0.1) is 0 Å². The molecular formula is C11H19BrN4. The van der Waals surface area contributed by atoms with E-state index in [0.29, 0.717) is 6.04 Å². The predicted molar refractivity (Wildman–Crippen MR) is 70.6 cm³/mol. The predicted octanol–water partition coefficient (Wildman–Crippen LogP) is 2.38. The Kier molecular flexibility index (Phi) is 5.69. The molecular weight excluding hydrogens is 268 g/mol. The molecule has 1 N–H and O–H groups in total. The highest BCUT2D eigenvalue weighted by atomic mass is 79.9. The van der Waals surface area contributed by atoms with Gasteiger partial charge < -0.3 is 10.2 Å². The lowest BCUT2D eigenvalue weighted by Gasteiger charge is -2.20. The third-order valence-corrected chi connectivity index (χ3v) is 2.94. The van der Waals surface area contributed by atoms with Crippen LogP contribution >= 0.6 is 15.9 Å². The number of hydrogen-bond donors (Lipinski definition) is 1. The van der Waals surface area contributed by atoms with Gasteiger partial charge in [-0.15, -0.1) is 0 Å². The Morgan fingerprint density at radius 1 is 1.44 bits per heavy atom. The van der Waals surface area contributed by atoms with E-state index in [1.807, 2.05) is 6.07 Å². The average molecular weight is 287 g/mol. The number of aromatic nitrogens is 2. The quantitative estimate of drug-likeness (QED) is 0.644. The van der Waals surface area contributed by atoms with E-state index in [2.05, 4.69) is 57.0 Å². The third-order valence-electron chi connectivity index (χ3n) is 2.51. The fourth-order valence-electron chi connectivity index (χ4n) is 1.23. The molecule has 0 atom stereocenters. The van der Waals surface area contributed by atoms with Crippen LogP contribution in [0.1, 0.15) is 20.3 Å². The smallest absolute Gasteiger partial charge is 0.130 e. The van der Waals surface area contributed by atoms with Crippen molar-refractivity contribution in [1.29, 1.82) is 0 Å². The summed E-state index contributed by atoms with van der Waals surface area (Å²) in [5, 5.41) is 3.27. The topological polar surface area (TPSA) is 41.0 Å². The molecule has 0 spiro atoms. The molecule has 1 aromatic heterocycles. The Hall–Kier alpha value is -0.680. The Balaban J connectivity index is 2.21. The fourth-order valence-corrected chi connectivity index (χ4v) is 1.54. The molecule has 0 aliphatic rings. The lowest BCUT2D eigenvalue weighted by molar-refractivity contribution is 0.273. The summed E-state index contributed by atoms with van der Waals surface area (Å²) in [6, 6.07) is 2.49. The molecule has 0 amide bonds. The molecule has 0 bridgehead atoms. The highest BCUT2D eigenvalue weighted by Crippen LogP contribution is 2.09. The van der Waals surface area contributed by atoms with Gasteiger partial charge >= 0.3 is 0 Å². The summed E-state index contributed by atoms with van der Waals surface area (Å²) in [5.74, 6) is 0.870. The molecule has 0 aliphatic heterocycles. The molecule has 0 aromatic carbocycles. The van der Waals surface area contributed by atoms with Crippen molar-refractivity contribution < 1.29 is 0 Å². The first kappa shape index (κ1) is 13.4. The van der Waals surface area contributed by atoms with Crippen LogP contribution in [0.25, 0.3) is 0 Å². The first-order valence-corrected chi connectivity index (χ1v) is 6.30. The molecule has 4 nitrogen and oxygen atoms in total. The SMILES string of the molecule is CC(C)N(C)CCCNc1cc(Br)ncn1. The molecule has 1 heterocycles. The molecule has 16 heavy (non-hydrogen) atoms. The standard InChI is InChI=1S/C11H19BrN4/c1-9(2)16(3)6-4-5-13-11-7-10(12)14-8-15-11/h7-9H,4-6H2,1-3H3,(H,13,14,15). The monoisotopic (exact) mass is 286 g/mol. The molecule has 0 aliphatic carbocycles. The van der Waals surface area contributed by atoms with Gasteiger partial charge in [0.15, 0.2) is 0 Å². The van der Waals surface area contributed by atoms with Crippen molar-refractivity contribution in [2.24, 2.45) is 0 Å². The van der Waals surface area contributed by atoms with E-state index in [4.69, 9.17) is 0 Å². The van der Waals surface area contributed by atoms with Gasteiger partial charge in [-0.2, -0.15) is 0 Å². The van der Waals surface area contributed by atoms with Crippen molar-refractivity contribution in [3.05, 3.63) is 17.0 Å². The van der Waals surface area contributed by atoms with E-state index < -0.39 is 0 Å². The molecule has 1 aromatic rings. The first-order valence-electron chi connectivity index (χ1n) is 5.51. The Labute approximate surface area is 106 Å². The highest BCUT2D eigenvalue weighted by molar-refractivity contribution is 9.10. The van der Waals surface area contributed by atoms with Crippen molar-refractivity contribution >= 4 is 21.7 Å². The van der Waals surface area contributed by atoms with E-state index in [1.165, 1.54) is 0 Å². The second kappa shape index (κ2) is 6.81. The van der Waals surface area contributed by atoms with Gasteiger partial charge in [0.25, 0.3) is 0 Å². The number of rotatable bonds is 6. The van der Waals surface area contributed by atoms with Gasteiger partial charge in [0.2, 0.25) is 0 Å². The minimum Gasteiger partial charge on any atom is -0.370 e. The van der Waals surface area contributed by atoms with Crippen LogP contribution in [0.5, 0.6) is 0 Å². The highest BCUT2D eigenvalue weighted by Gasteiger charge is 2.02. The van der Waals surface area contributed by atoms with Crippen LogP contribution in [0.2, 0.25) is 0 Å².